The van der Waals surface area contributed by atoms with Crippen LogP contribution in [-0.2, 0) is 16.1 Å². The first-order valence-corrected chi connectivity index (χ1v) is 12.3. The average Bonchev–Trinajstić information content (AvgIpc) is 3.59. The summed E-state index contributed by atoms with van der Waals surface area (Å²) in [6.45, 7) is 3.52. The summed E-state index contributed by atoms with van der Waals surface area (Å²) in [6, 6.07) is 3.71. The van der Waals surface area contributed by atoms with E-state index in [0.717, 1.165) is 29.9 Å². The second kappa shape index (κ2) is 9.33. The maximum atomic E-state index is 12.9. The second-order valence-corrected chi connectivity index (χ2v) is 9.22. The van der Waals surface area contributed by atoms with Gasteiger partial charge in [0.15, 0.2) is 12.4 Å². The molecule has 3 heterocycles. The lowest BCUT2D eigenvalue weighted by Crippen LogP contribution is -2.12. The highest BCUT2D eigenvalue weighted by Gasteiger charge is 2.29. The van der Waals surface area contributed by atoms with Gasteiger partial charge in [0.1, 0.15) is 26.6 Å². The van der Waals surface area contributed by atoms with E-state index in [1.54, 1.807) is 19.9 Å². The number of rotatable bonds is 7. The highest BCUT2D eigenvalue weighted by Crippen LogP contribution is 2.40. The number of esters is 2. The van der Waals surface area contributed by atoms with Crippen molar-refractivity contribution in [3.05, 3.63) is 39.2 Å². The van der Waals surface area contributed by atoms with Crippen molar-refractivity contribution in [1.82, 2.24) is 15.0 Å². The van der Waals surface area contributed by atoms with E-state index in [9.17, 15) is 14.9 Å². The molecule has 11 heteroatoms. The highest BCUT2D eigenvalue weighted by atomic mass is 32.2. The maximum Gasteiger partial charge on any atom is 0.348 e. The van der Waals surface area contributed by atoms with Gasteiger partial charge in [0, 0.05) is 11.6 Å². The molecule has 9 nitrogen and oxygen atoms in total. The van der Waals surface area contributed by atoms with Crippen LogP contribution in [0.1, 0.15) is 68.4 Å². The van der Waals surface area contributed by atoms with Gasteiger partial charge in [-0.25, -0.2) is 24.5 Å². The first kappa shape index (κ1) is 22.9. The summed E-state index contributed by atoms with van der Waals surface area (Å²) >= 11 is 2.47. The van der Waals surface area contributed by atoms with E-state index in [1.807, 2.05) is 6.26 Å². The van der Waals surface area contributed by atoms with Crippen LogP contribution in [-0.4, -0.2) is 39.8 Å². The number of aryl methyl sites for hydroxylation is 1. The maximum absolute atomic E-state index is 12.9. The number of aromatic nitrogens is 3. The van der Waals surface area contributed by atoms with Gasteiger partial charge >= 0.3 is 11.9 Å². The number of hydrogen-bond donors (Lipinski definition) is 1. The Bertz CT molecular complexity index is 1310. The van der Waals surface area contributed by atoms with E-state index in [-0.39, 0.29) is 36.0 Å². The summed E-state index contributed by atoms with van der Waals surface area (Å²) in [5, 5.41) is 10.7. The van der Waals surface area contributed by atoms with Crippen LogP contribution in [0.2, 0.25) is 0 Å². The zero-order valence-electron chi connectivity index (χ0n) is 18.3. The predicted octanol–water partition coefficient (Wildman–Crippen LogP) is 3.98. The zero-order chi connectivity index (χ0) is 23.7. The molecule has 3 aromatic rings. The number of hydrogen-bond acceptors (Lipinski definition) is 11. The Labute approximate surface area is 198 Å². The molecule has 0 aromatic carbocycles. The smallest absolute Gasteiger partial charge is 0.348 e. The van der Waals surface area contributed by atoms with Gasteiger partial charge in [0.05, 0.1) is 23.1 Å². The summed E-state index contributed by atoms with van der Waals surface area (Å²) < 4.78 is 10.5. The number of ether oxygens (including phenoxy) is 2. The second-order valence-electron chi connectivity index (χ2n) is 7.42. The molecule has 0 atom stereocenters. The molecule has 1 aliphatic carbocycles. The van der Waals surface area contributed by atoms with Crippen LogP contribution in [0, 0.1) is 18.3 Å². The van der Waals surface area contributed by atoms with Crippen LogP contribution in [0.25, 0.3) is 10.2 Å². The van der Waals surface area contributed by atoms with E-state index in [2.05, 4.69) is 21.0 Å². The minimum atomic E-state index is -0.650. The van der Waals surface area contributed by atoms with Crippen molar-refractivity contribution in [3.8, 4) is 6.07 Å². The number of thiophene rings is 1. The van der Waals surface area contributed by atoms with Gasteiger partial charge in [-0.05, 0) is 44.6 Å². The zero-order valence-corrected chi connectivity index (χ0v) is 19.9. The number of fused-ring (bicyclic) bond motifs is 1. The fourth-order valence-corrected chi connectivity index (χ4v) is 5.08. The number of nitriles is 1. The van der Waals surface area contributed by atoms with Gasteiger partial charge in [-0.1, -0.05) is 0 Å². The van der Waals surface area contributed by atoms with Gasteiger partial charge in [-0.3, -0.25) is 0 Å². The SMILES string of the molecule is CCOC(=O)c1sc2nc(COC(=O)c3cc(C4CC4)nc(SC)c3C#N)nc(N)c2c1C. The molecule has 4 rings (SSSR count). The first-order valence-electron chi connectivity index (χ1n) is 10.3. The average molecular weight is 484 g/mol. The van der Waals surface area contributed by atoms with Crippen molar-refractivity contribution >= 4 is 51.1 Å². The van der Waals surface area contributed by atoms with Gasteiger partial charge < -0.3 is 15.2 Å². The fraction of sp³-hybridized carbons (Fsp3) is 0.364. The monoisotopic (exact) mass is 483 g/mol. The molecule has 0 unspecified atom stereocenters. The number of thioether (sulfide) groups is 1. The summed E-state index contributed by atoms with van der Waals surface area (Å²) in [7, 11) is 0. The van der Waals surface area contributed by atoms with E-state index in [4.69, 9.17) is 15.2 Å². The van der Waals surface area contributed by atoms with Crippen LogP contribution in [0.5, 0.6) is 0 Å². The van der Waals surface area contributed by atoms with E-state index < -0.39 is 11.9 Å². The van der Waals surface area contributed by atoms with Crippen LogP contribution < -0.4 is 5.73 Å². The van der Waals surface area contributed by atoms with Gasteiger partial charge in [-0.2, -0.15) is 5.26 Å². The normalized spacial score (nSPS) is 13.0. The molecule has 0 radical (unpaired) electrons. The molecule has 2 N–H and O–H groups in total. The molecule has 33 heavy (non-hydrogen) atoms. The Morgan fingerprint density at radius 3 is 2.67 bits per heavy atom. The van der Waals surface area contributed by atoms with Gasteiger partial charge in [0.2, 0.25) is 0 Å². The summed E-state index contributed by atoms with van der Waals surface area (Å²) in [4.78, 5) is 39.2. The molecule has 0 aliphatic heterocycles. The molecule has 0 spiro atoms. The van der Waals surface area contributed by atoms with Gasteiger partial charge in [-0.15, -0.1) is 23.1 Å². The number of anilines is 1. The summed E-state index contributed by atoms with van der Waals surface area (Å²) in [6.07, 6.45) is 3.85. The lowest BCUT2D eigenvalue weighted by atomic mass is 10.1. The van der Waals surface area contributed by atoms with Crippen LogP contribution in [0.3, 0.4) is 0 Å². The lowest BCUT2D eigenvalue weighted by Gasteiger charge is -2.10. The van der Waals surface area contributed by atoms with Crippen molar-refractivity contribution in [2.45, 2.75) is 44.2 Å². The third kappa shape index (κ3) is 4.49. The molecule has 1 aliphatic rings. The molecule has 0 saturated heterocycles. The first-order chi connectivity index (χ1) is 15.9. The van der Waals surface area contributed by atoms with E-state index in [0.29, 0.717) is 31.6 Å². The molecule has 0 bridgehead atoms. The minimum absolute atomic E-state index is 0.185. The highest BCUT2D eigenvalue weighted by molar-refractivity contribution is 7.98. The topological polar surface area (TPSA) is 141 Å². The van der Waals surface area contributed by atoms with Crippen molar-refractivity contribution in [2.24, 2.45) is 0 Å². The van der Waals surface area contributed by atoms with Gasteiger partial charge in [0.25, 0.3) is 0 Å². The quantitative estimate of drug-likeness (QED) is 0.387. The number of carbonyl (C=O) groups excluding carboxylic acids is 2. The lowest BCUT2D eigenvalue weighted by molar-refractivity contribution is 0.0460. The summed E-state index contributed by atoms with van der Waals surface area (Å²) in [5.41, 5.74) is 7.95. The molecular weight excluding hydrogens is 462 g/mol. The summed E-state index contributed by atoms with van der Waals surface area (Å²) in [5.74, 6) is -0.384. The third-order valence-corrected chi connectivity index (χ3v) is 7.03. The Morgan fingerprint density at radius 1 is 1.27 bits per heavy atom. The number of pyridine rings is 1. The van der Waals surface area contributed by atoms with Crippen molar-refractivity contribution in [1.29, 1.82) is 5.26 Å². The molecular formula is C22H21N5O4S2. The Kier molecular flexibility index (Phi) is 6.49. The van der Waals surface area contributed by atoms with E-state index in [1.165, 1.54) is 11.8 Å². The van der Waals surface area contributed by atoms with Crippen molar-refractivity contribution in [3.63, 3.8) is 0 Å². The molecule has 170 valence electrons. The number of nitrogen functional groups attached to an aromatic ring is 1. The van der Waals surface area contributed by atoms with Crippen molar-refractivity contribution in [2.75, 3.05) is 18.6 Å². The minimum Gasteiger partial charge on any atom is -0.462 e. The Morgan fingerprint density at radius 2 is 2.03 bits per heavy atom. The molecule has 1 fully saturated rings. The molecule has 0 amide bonds. The largest absolute Gasteiger partial charge is 0.462 e. The van der Waals surface area contributed by atoms with Crippen LogP contribution in [0.4, 0.5) is 5.82 Å². The number of nitrogens with two attached hydrogens (primary N) is 1. The number of nitrogens with zero attached hydrogens (tertiary/aromatic N) is 4. The molecule has 3 aromatic heterocycles. The van der Waals surface area contributed by atoms with Crippen LogP contribution in [0.15, 0.2) is 11.1 Å². The number of carbonyl (C=O) groups is 2. The standard InChI is InChI=1S/C22H21N5O4S2/c1-4-30-22(29)17-10(2)16-18(24)26-15(27-20(16)33-17)9-31-21(28)12-7-14(11-5-6-11)25-19(32-3)13(12)8-23/h7,11H,4-6,9H2,1-3H3,(H2,24,26,27). The Hall–Kier alpha value is -3.23. The fourth-order valence-electron chi connectivity index (χ4n) is 3.43. The van der Waals surface area contributed by atoms with Crippen molar-refractivity contribution < 1.29 is 19.1 Å². The predicted molar refractivity (Wildman–Crippen MR) is 124 cm³/mol. The van der Waals surface area contributed by atoms with E-state index >= 15 is 0 Å². The Balaban J connectivity index is 1.60. The molecule has 1 saturated carbocycles. The van der Waals surface area contributed by atoms with Crippen LogP contribution >= 0.6 is 23.1 Å². The third-order valence-electron chi connectivity index (χ3n) is 5.18.